The van der Waals surface area contributed by atoms with Crippen LogP contribution in [-0.4, -0.2) is 30.0 Å². The predicted octanol–water partition coefficient (Wildman–Crippen LogP) is 3.72. The molecule has 7 nitrogen and oxygen atoms in total. The lowest BCUT2D eigenvalue weighted by Gasteiger charge is -2.07. The largest absolute Gasteiger partial charge is 0.494 e. The minimum atomic E-state index is -0.415. The maximum absolute atomic E-state index is 12.5. The van der Waals surface area contributed by atoms with E-state index in [2.05, 4.69) is 10.3 Å². The van der Waals surface area contributed by atoms with Gasteiger partial charge in [-0.05, 0) is 55.5 Å². The van der Waals surface area contributed by atoms with Gasteiger partial charge in [-0.1, -0.05) is 0 Å². The molecule has 3 aromatic rings. The SMILES string of the molecule is CCOc1ccc(-c2nc(C(=O)Nc3ccc(OCCC(N)=O)cc3)cs2)cc1. The molecule has 0 bridgehead atoms. The average Bonchev–Trinajstić information content (AvgIpc) is 3.20. The van der Waals surface area contributed by atoms with Crippen LogP contribution >= 0.6 is 11.3 Å². The van der Waals surface area contributed by atoms with Crippen molar-refractivity contribution in [2.45, 2.75) is 13.3 Å². The van der Waals surface area contributed by atoms with Gasteiger partial charge in [0.2, 0.25) is 5.91 Å². The molecule has 8 heteroatoms. The lowest BCUT2D eigenvalue weighted by atomic mass is 10.2. The van der Waals surface area contributed by atoms with Crippen LogP contribution in [0.2, 0.25) is 0 Å². The van der Waals surface area contributed by atoms with E-state index >= 15 is 0 Å². The van der Waals surface area contributed by atoms with Crippen LogP contribution in [0.4, 0.5) is 5.69 Å². The number of primary amides is 1. The quantitative estimate of drug-likeness (QED) is 0.559. The second kappa shape index (κ2) is 9.70. The molecule has 0 aliphatic heterocycles. The second-order valence-corrected chi connectivity index (χ2v) is 6.90. The Morgan fingerprint density at radius 3 is 2.34 bits per heavy atom. The van der Waals surface area contributed by atoms with Crippen LogP contribution in [0.25, 0.3) is 10.6 Å². The highest BCUT2D eigenvalue weighted by Gasteiger charge is 2.12. The summed E-state index contributed by atoms with van der Waals surface area (Å²) in [7, 11) is 0. The van der Waals surface area contributed by atoms with E-state index in [9.17, 15) is 9.59 Å². The summed E-state index contributed by atoms with van der Waals surface area (Å²) in [4.78, 5) is 27.6. The van der Waals surface area contributed by atoms with Crippen molar-refractivity contribution in [2.75, 3.05) is 18.5 Å². The Morgan fingerprint density at radius 2 is 1.69 bits per heavy atom. The number of ether oxygens (including phenoxy) is 2. The van der Waals surface area contributed by atoms with Gasteiger partial charge in [-0.25, -0.2) is 4.98 Å². The minimum absolute atomic E-state index is 0.152. The monoisotopic (exact) mass is 411 g/mol. The van der Waals surface area contributed by atoms with Gasteiger partial charge in [-0.15, -0.1) is 11.3 Å². The van der Waals surface area contributed by atoms with Gasteiger partial charge >= 0.3 is 0 Å². The average molecular weight is 411 g/mol. The molecule has 3 N–H and O–H groups in total. The number of amides is 2. The first-order valence-corrected chi connectivity index (χ1v) is 9.94. The molecule has 2 aromatic carbocycles. The molecule has 0 fully saturated rings. The fourth-order valence-corrected chi connectivity index (χ4v) is 3.28. The highest BCUT2D eigenvalue weighted by molar-refractivity contribution is 7.13. The molecule has 1 heterocycles. The van der Waals surface area contributed by atoms with Crippen LogP contribution in [0.3, 0.4) is 0 Å². The van der Waals surface area contributed by atoms with Crippen LogP contribution in [-0.2, 0) is 4.79 Å². The van der Waals surface area contributed by atoms with E-state index in [0.717, 1.165) is 16.3 Å². The van der Waals surface area contributed by atoms with Crippen molar-refractivity contribution in [2.24, 2.45) is 5.73 Å². The summed E-state index contributed by atoms with van der Waals surface area (Å²) in [5, 5.41) is 5.29. The van der Waals surface area contributed by atoms with E-state index in [1.165, 1.54) is 11.3 Å². The van der Waals surface area contributed by atoms with Crippen molar-refractivity contribution in [3.63, 3.8) is 0 Å². The van der Waals surface area contributed by atoms with Gasteiger partial charge in [0.05, 0.1) is 19.6 Å². The van der Waals surface area contributed by atoms with E-state index in [4.69, 9.17) is 15.2 Å². The van der Waals surface area contributed by atoms with E-state index in [-0.39, 0.29) is 18.9 Å². The second-order valence-electron chi connectivity index (χ2n) is 6.04. The Bertz CT molecular complexity index is 968. The van der Waals surface area contributed by atoms with Gasteiger partial charge < -0.3 is 20.5 Å². The van der Waals surface area contributed by atoms with Crippen molar-refractivity contribution in [3.8, 4) is 22.1 Å². The standard InChI is InChI=1S/C21H21N3O4S/c1-2-27-16-7-3-14(4-8-16)21-24-18(13-29-21)20(26)23-15-5-9-17(10-6-15)28-12-11-19(22)25/h3-10,13H,2,11-12H2,1H3,(H2,22,25)(H,23,26). The first-order valence-electron chi connectivity index (χ1n) is 9.06. The number of thiazole rings is 1. The lowest BCUT2D eigenvalue weighted by molar-refractivity contribution is -0.118. The summed E-state index contributed by atoms with van der Waals surface area (Å²) in [6, 6.07) is 14.5. The van der Waals surface area contributed by atoms with Gasteiger partial charge in [0.25, 0.3) is 5.91 Å². The van der Waals surface area contributed by atoms with Crippen molar-refractivity contribution in [3.05, 3.63) is 59.6 Å². The number of carbonyl (C=O) groups is 2. The molecule has 2 amide bonds. The molecular weight excluding hydrogens is 390 g/mol. The zero-order chi connectivity index (χ0) is 20.6. The zero-order valence-corrected chi connectivity index (χ0v) is 16.7. The van der Waals surface area contributed by atoms with Gasteiger partial charge in [0, 0.05) is 16.6 Å². The molecular formula is C21H21N3O4S. The highest BCUT2D eigenvalue weighted by Crippen LogP contribution is 2.26. The topological polar surface area (TPSA) is 104 Å². The van der Waals surface area contributed by atoms with Crippen LogP contribution in [0.1, 0.15) is 23.8 Å². The molecule has 150 valence electrons. The summed E-state index contributed by atoms with van der Waals surface area (Å²) in [5.74, 6) is 0.686. The minimum Gasteiger partial charge on any atom is -0.494 e. The molecule has 1 aromatic heterocycles. The maximum Gasteiger partial charge on any atom is 0.275 e. The van der Waals surface area contributed by atoms with Gasteiger partial charge in [-0.2, -0.15) is 0 Å². The van der Waals surface area contributed by atoms with Gasteiger partial charge in [0.15, 0.2) is 0 Å². The molecule has 0 saturated carbocycles. The Morgan fingerprint density at radius 1 is 1.03 bits per heavy atom. The molecule has 0 radical (unpaired) electrons. The smallest absolute Gasteiger partial charge is 0.275 e. The lowest BCUT2D eigenvalue weighted by Crippen LogP contribution is -2.14. The van der Waals surface area contributed by atoms with Crippen molar-refractivity contribution < 1.29 is 19.1 Å². The predicted molar refractivity (Wildman–Crippen MR) is 112 cm³/mol. The Kier molecular flexibility index (Phi) is 6.80. The number of nitrogens with zero attached hydrogens (tertiary/aromatic N) is 1. The van der Waals surface area contributed by atoms with Crippen LogP contribution in [0, 0.1) is 0 Å². The van der Waals surface area contributed by atoms with E-state index in [1.54, 1.807) is 29.6 Å². The number of rotatable bonds is 9. The van der Waals surface area contributed by atoms with Crippen molar-refractivity contribution in [1.29, 1.82) is 0 Å². The summed E-state index contributed by atoms with van der Waals surface area (Å²) < 4.78 is 10.8. The van der Waals surface area contributed by atoms with Crippen LogP contribution < -0.4 is 20.5 Å². The third-order valence-corrected chi connectivity index (χ3v) is 4.77. The van der Waals surface area contributed by atoms with Gasteiger partial charge in [0.1, 0.15) is 22.2 Å². The Labute approximate surface area is 172 Å². The molecule has 0 saturated heterocycles. The fourth-order valence-electron chi connectivity index (χ4n) is 2.47. The van der Waals surface area contributed by atoms with E-state index in [1.807, 2.05) is 31.2 Å². The number of benzene rings is 2. The maximum atomic E-state index is 12.5. The zero-order valence-electron chi connectivity index (χ0n) is 15.9. The fraction of sp³-hybridized carbons (Fsp3) is 0.190. The summed E-state index contributed by atoms with van der Waals surface area (Å²) in [6.45, 7) is 2.76. The summed E-state index contributed by atoms with van der Waals surface area (Å²) in [5.41, 5.74) is 6.96. The number of nitrogens with two attached hydrogens (primary N) is 1. The number of anilines is 1. The van der Waals surface area contributed by atoms with Crippen LogP contribution in [0.15, 0.2) is 53.9 Å². The molecule has 0 spiro atoms. The highest BCUT2D eigenvalue weighted by atomic mass is 32.1. The normalized spacial score (nSPS) is 10.4. The van der Waals surface area contributed by atoms with Crippen molar-refractivity contribution >= 4 is 28.8 Å². The van der Waals surface area contributed by atoms with E-state index in [0.29, 0.717) is 23.7 Å². The number of nitrogens with one attached hydrogen (secondary N) is 1. The van der Waals surface area contributed by atoms with Gasteiger partial charge in [-0.3, -0.25) is 9.59 Å². The number of aromatic nitrogens is 1. The van der Waals surface area contributed by atoms with Crippen molar-refractivity contribution in [1.82, 2.24) is 4.98 Å². The summed E-state index contributed by atoms with van der Waals surface area (Å²) in [6.07, 6.45) is 0.152. The van der Waals surface area contributed by atoms with E-state index < -0.39 is 5.91 Å². The summed E-state index contributed by atoms with van der Waals surface area (Å²) >= 11 is 1.40. The number of hydrogen-bond donors (Lipinski definition) is 2. The Hall–Kier alpha value is -3.39. The third-order valence-electron chi connectivity index (χ3n) is 3.88. The molecule has 0 unspecified atom stereocenters. The number of carbonyl (C=O) groups excluding carboxylic acids is 2. The third kappa shape index (κ3) is 5.79. The molecule has 29 heavy (non-hydrogen) atoms. The molecule has 3 rings (SSSR count). The number of hydrogen-bond acceptors (Lipinski definition) is 6. The van der Waals surface area contributed by atoms with Crippen LogP contribution in [0.5, 0.6) is 11.5 Å². The Balaban J connectivity index is 1.59. The molecule has 0 aliphatic carbocycles. The molecule has 0 atom stereocenters. The first kappa shape index (κ1) is 20.3. The molecule has 0 aliphatic rings. The first-order chi connectivity index (χ1) is 14.0.